The van der Waals surface area contributed by atoms with Crippen LogP contribution in [-0.2, 0) is 14.3 Å². The van der Waals surface area contributed by atoms with Crippen molar-refractivity contribution in [3.05, 3.63) is 0 Å². The lowest BCUT2D eigenvalue weighted by Crippen LogP contribution is -2.63. The van der Waals surface area contributed by atoms with Crippen LogP contribution in [-0.4, -0.2) is 33.6 Å². The fraction of sp³-hybridized carbons (Fsp3) is 0.909. The number of aliphatic hydroxyl groups is 1. The smallest absolute Gasteiger partial charge is 0.302 e. The van der Waals surface area contributed by atoms with Gasteiger partial charge in [-0.2, -0.15) is 0 Å². The summed E-state index contributed by atoms with van der Waals surface area (Å²) in [5, 5.41) is 11.1. The predicted octanol–water partition coefficient (Wildman–Crippen LogP) is 3.54. The molecule has 0 aromatic rings. The number of hydrogen-bond acceptors (Lipinski definition) is 4. The molecule has 6 heteroatoms. The van der Waals surface area contributed by atoms with Gasteiger partial charge in [0.15, 0.2) is 0 Å². The second-order valence-corrected chi connectivity index (χ2v) is 11.2. The zero-order chi connectivity index (χ0) is 20.5. The summed E-state index contributed by atoms with van der Waals surface area (Å²) in [6.45, 7) is 5.88. The molecule has 3 unspecified atom stereocenters. The molecule has 0 spiro atoms. The van der Waals surface area contributed by atoms with Gasteiger partial charge in [0.05, 0.1) is 4.87 Å². The second-order valence-electron chi connectivity index (χ2n) is 10.5. The SMILES string of the molecule is CC(=O)OC1CC[C@]2(C)[C@@H]3CC[C@@]4(C)[C@@H](CCC4(O)C(N)=O)[C@@H]3CCC2(Cl)C1. The maximum atomic E-state index is 12.1. The number of carbonyl (C=O) groups is 2. The number of nitrogens with two attached hydrogens (primary N) is 1. The molecule has 0 aromatic carbocycles. The van der Waals surface area contributed by atoms with E-state index in [-0.39, 0.29) is 22.4 Å². The lowest BCUT2D eigenvalue weighted by molar-refractivity contribution is -0.172. The van der Waals surface area contributed by atoms with Crippen LogP contribution in [0.4, 0.5) is 0 Å². The number of esters is 1. The van der Waals surface area contributed by atoms with E-state index in [0.29, 0.717) is 24.2 Å². The Morgan fingerprint density at radius 3 is 2.25 bits per heavy atom. The molecule has 0 aromatic heterocycles. The van der Waals surface area contributed by atoms with Crippen molar-refractivity contribution < 1.29 is 19.4 Å². The highest BCUT2D eigenvalue weighted by Crippen LogP contribution is 2.70. The molecule has 5 nitrogen and oxygen atoms in total. The van der Waals surface area contributed by atoms with Crippen LogP contribution in [0.15, 0.2) is 0 Å². The van der Waals surface area contributed by atoms with Crippen molar-refractivity contribution in [2.45, 2.75) is 95.1 Å². The summed E-state index contributed by atoms with van der Waals surface area (Å²) in [5.74, 6) is 0.465. The second kappa shape index (κ2) is 6.34. The van der Waals surface area contributed by atoms with Crippen molar-refractivity contribution in [1.82, 2.24) is 0 Å². The fourth-order valence-corrected chi connectivity index (χ4v) is 8.43. The van der Waals surface area contributed by atoms with Crippen molar-refractivity contribution in [3.63, 3.8) is 0 Å². The predicted molar refractivity (Wildman–Crippen MR) is 107 cm³/mol. The summed E-state index contributed by atoms with van der Waals surface area (Å²) >= 11 is 7.29. The topological polar surface area (TPSA) is 89.6 Å². The van der Waals surface area contributed by atoms with Crippen molar-refractivity contribution >= 4 is 23.5 Å². The maximum Gasteiger partial charge on any atom is 0.302 e. The van der Waals surface area contributed by atoms with Gasteiger partial charge in [0.2, 0.25) is 5.91 Å². The molecule has 0 aliphatic heterocycles. The van der Waals surface area contributed by atoms with Gasteiger partial charge < -0.3 is 15.6 Å². The lowest BCUT2D eigenvalue weighted by Gasteiger charge is -2.64. The van der Waals surface area contributed by atoms with E-state index < -0.39 is 16.9 Å². The Morgan fingerprint density at radius 1 is 1.00 bits per heavy atom. The van der Waals surface area contributed by atoms with Gasteiger partial charge in [-0.05, 0) is 74.5 Å². The van der Waals surface area contributed by atoms with Gasteiger partial charge in [-0.25, -0.2) is 0 Å². The van der Waals surface area contributed by atoms with Gasteiger partial charge in [-0.3, -0.25) is 9.59 Å². The third-order valence-corrected chi connectivity index (χ3v) is 10.4. The number of carbonyl (C=O) groups excluding carboxylic acids is 2. The molecule has 0 bridgehead atoms. The average Bonchev–Trinajstić information content (AvgIpc) is 2.88. The summed E-state index contributed by atoms with van der Waals surface area (Å²) in [4.78, 5) is 23.2. The normalized spacial score (nSPS) is 52.9. The summed E-state index contributed by atoms with van der Waals surface area (Å²) in [7, 11) is 0. The van der Waals surface area contributed by atoms with Gasteiger partial charge in [-0.1, -0.05) is 13.8 Å². The lowest BCUT2D eigenvalue weighted by atomic mass is 9.44. The van der Waals surface area contributed by atoms with Crippen LogP contribution < -0.4 is 5.73 Å². The van der Waals surface area contributed by atoms with Gasteiger partial charge in [0.1, 0.15) is 11.7 Å². The molecule has 4 saturated carbocycles. The van der Waals surface area contributed by atoms with Crippen molar-refractivity contribution in [3.8, 4) is 0 Å². The summed E-state index contributed by atoms with van der Waals surface area (Å²) in [5.41, 5.74) is 3.82. The van der Waals surface area contributed by atoms with E-state index in [0.717, 1.165) is 51.4 Å². The Bertz CT molecular complexity index is 700. The van der Waals surface area contributed by atoms with E-state index in [1.54, 1.807) is 0 Å². The van der Waals surface area contributed by atoms with Gasteiger partial charge in [-0.15, -0.1) is 11.6 Å². The highest BCUT2D eigenvalue weighted by molar-refractivity contribution is 6.24. The van der Waals surface area contributed by atoms with E-state index in [2.05, 4.69) is 13.8 Å². The highest BCUT2D eigenvalue weighted by Gasteiger charge is 2.68. The first kappa shape index (κ1) is 20.5. The number of amides is 1. The van der Waals surface area contributed by atoms with E-state index in [9.17, 15) is 14.7 Å². The molecule has 4 rings (SSSR count). The molecular weight excluding hydrogens is 378 g/mol. The molecule has 158 valence electrons. The molecule has 4 aliphatic rings. The van der Waals surface area contributed by atoms with Crippen molar-refractivity contribution in [2.75, 3.05) is 0 Å². The van der Waals surface area contributed by atoms with Crippen LogP contribution in [0.2, 0.25) is 0 Å². The molecule has 1 amide bonds. The third kappa shape index (κ3) is 2.54. The first-order valence-electron chi connectivity index (χ1n) is 10.9. The molecular formula is C22H34ClNO4. The molecule has 0 heterocycles. The Balaban J connectivity index is 1.61. The quantitative estimate of drug-likeness (QED) is 0.537. The molecule has 0 saturated heterocycles. The number of hydrogen-bond donors (Lipinski definition) is 2. The first-order valence-corrected chi connectivity index (χ1v) is 11.2. The molecule has 3 N–H and O–H groups in total. The van der Waals surface area contributed by atoms with Crippen molar-refractivity contribution in [2.24, 2.45) is 34.3 Å². The van der Waals surface area contributed by atoms with Crippen LogP contribution in [0.25, 0.3) is 0 Å². The summed E-state index contributed by atoms with van der Waals surface area (Å²) in [6.07, 6.45) is 7.48. The Labute approximate surface area is 172 Å². The van der Waals surface area contributed by atoms with Gasteiger partial charge in [0, 0.05) is 18.8 Å². The van der Waals surface area contributed by atoms with Gasteiger partial charge >= 0.3 is 5.97 Å². The highest BCUT2D eigenvalue weighted by atomic mass is 35.5. The Morgan fingerprint density at radius 2 is 1.61 bits per heavy atom. The van der Waals surface area contributed by atoms with E-state index in [1.807, 2.05) is 0 Å². The maximum absolute atomic E-state index is 12.1. The number of fused-ring (bicyclic) bond motifs is 5. The standard InChI is InChI=1S/C22H34ClNO4/c1-13(25)28-14-4-8-19(2)16-6-9-20(3)17(7-11-22(20,27)18(24)26)15(16)5-10-21(19,23)12-14/h14-17,27H,4-12H2,1-3H3,(H2,24,26)/t14?,15-,16-,17+,19-,20+,21?,22?/m1/s1. The number of ether oxygens (including phenoxy) is 1. The summed E-state index contributed by atoms with van der Waals surface area (Å²) in [6, 6.07) is 0. The number of primary amides is 1. The number of alkyl halides is 1. The molecule has 8 atom stereocenters. The summed E-state index contributed by atoms with van der Waals surface area (Å²) < 4.78 is 5.52. The number of rotatable bonds is 2. The zero-order valence-corrected chi connectivity index (χ0v) is 18.1. The molecule has 4 fully saturated rings. The average molecular weight is 412 g/mol. The molecule has 0 radical (unpaired) electrons. The van der Waals surface area contributed by atoms with E-state index in [1.165, 1.54) is 6.92 Å². The monoisotopic (exact) mass is 411 g/mol. The fourth-order valence-electron chi connectivity index (χ4n) is 7.92. The van der Waals surface area contributed by atoms with Crippen LogP contribution in [0.3, 0.4) is 0 Å². The van der Waals surface area contributed by atoms with Crippen LogP contribution in [0.1, 0.15) is 78.6 Å². The Kier molecular flexibility index (Phi) is 4.63. The van der Waals surface area contributed by atoms with E-state index >= 15 is 0 Å². The third-order valence-electron chi connectivity index (χ3n) is 9.58. The van der Waals surface area contributed by atoms with Crippen LogP contribution in [0, 0.1) is 28.6 Å². The molecule has 28 heavy (non-hydrogen) atoms. The molecule has 4 aliphatic carbocycles. The Hall–Kier alpha value is -0.810. The van der Waals surface area contributed by atoms with Gasteiger partial charge in [0.25, 0.3) is 0 Å². The number of halogens is 1. The minimum absolute atomic E-state index is 0.0110. The first-order chi connectivity index (χ1) is 13.0. The van der Waals surface area contributed by atoms with Crippen LogP contribution in [0.5, 0.6) is 0 Å². The van der Waals surface area contributed by atoms with Crippen LogP contribution >= 0.6 is 11.6 Å². The van der Waals surface area contributed by atoms with Crippen molar-refractivity contribution in [1.29, 1.82) is 0 Å². The van der Waals surface area contributed by atoms with E-state index in [4.69, 9.17) is 22.1 Å². The minimum Gasteiger partial charge on any atom is -0.462 e. The zero-order valence-electron chi connectivity index (χ0n) is 17.3. The largest absolute Gasteiger partial charge is 0.462 e. The minimum atomic E-state index is -1.38.